The highest BCUT2D eigenvalue weighted by Gasteiger charge is 2.32. The van der Waals surface area contributed by atoms with Gasteiger partial charge in [-0.2, -0.15) is 4.98 Å². The van der Waals surface area contributed by atoms with Crippen LogP contribution in [0.4, 0.5) is 0 Å². The molecule has 0 saturated heterocycles. The van der Waals surface area contributed by atoms with E-state index in [-0.39, 0.29) is 0 Å². The molecule has 0 radical (unpaired) electrons. The second-order valence-electron chi connectivity index (χ2n) is 4.56. The Labute approximate surface area is 111 Å². The number of hydrogen-bond acceptors (Lipinski definition) is 4. The Kier molecular flexibility index (Phi) is 1.59. The summed E-state index contributed by atoms with van der Waals surface area (Å²) in [6.07, 6.45) is 5.58. The van der Waals surface area contributed by atoms with Crippen LogP contribution in [0.2, 0.25) is 0 Å². The maximum atomic E-state index is 4.63. The van der Waals surface area contributed by atoms with E-state index < -0.39 is 0 Å². The van der Waals surface area contributed by atoms with Gasteiger partial charge in [0.2, 0.25) is 10.5 Å². The number of nitrogens with zero attached hydrogens (tertiary/aromatic N) is 5. The molecule has 0 fully saturated rings. The molecule has 4 aromatic heterocycles. The van der Waals surface area contributed by atoms with Gasteiger partial charge in [-0.3, -0.25) is 4.98 Å². The van der Waals surface area contributed by atoms with Crippen LogP contribution in [-0.4, -0.2) is 19.6 Å². The van der Waals surface area contributed by atoms with Crippen molar-refractivity contribution in [3.05, 3.63) is 42.4 Å². The van der Waals surface area contributed by atoms with E-state index in [1.54, 1.807) is 17.5 Å². The SMILES string of the molecule is c1cnn2c(c1)nc1sc3[n+](c12)Cc1ccncc1-3. The number of thiazole rings is 1. The van der Waals surface area contributed by atoms with Gasteiger partial charge >= 0.3 is 5.65 Å². The number of fused-ring (bicyclic) bond motifs is 7. The van der Waals surface area contributed by atoms with Crippen LogP contribution >= 0.6 is 11.3 Å². The van der Waals surface area contributed by atoms with Crippen LogP contribution in [-0.2, 0) is 6.54 Å². The minimum atomic E-state index is 0.873. The van der Waals surface area contributed by atoms with Gasteiger partial charge in [0.15, 0.2) is 5.01 Å². The molecule has 19 heavy (non-hydrogen) atoms. The van der Waals surface area contributed by atoms with Gasteiger partial charge in [-0.25, -0.2) is 4.57 Å². The molecule has 6 heteroatoms. The fraction of sp³-hybridized carbons (Fsp3) is 0.0769. The second kappa shape index (κ2) is 3.16. The van der Waals surface area contributed by atoms with E-state index in [4.69, 9.17) is 0 Å². The van der Waals surface area contributed by atoms with E-state index in [9.17, 15) is 0 Å². The summed E-state index contributed by atoms with van der Waals surface area (Å²) in [5.41, 5.74) is 4.50. The zero-order chi connectivity index (χ0) is 12.4. The number of imidazole rings is 1. The lowest BCUT2D eigenvalue weighted by molar-refractivity contribution is -0.644. The van der Waals surface area contributed by atoms with Crippen LogP contribution in [0.5, 0.6) is 0 Å². The molecule has 90 valence electrons. The molecule has 4 aromatic rings. The average Bonchev–Trinajstić information content (AvgIpc) is 3.05. The monoisotopic (exact) mass is 266 g/mol. The lowest BCUT2D eigenvalue weighted by atomic mass is 10.2. The highest BCUT2D eigenvalue weighted by Crippen LogP contribution is 2.34. The number of hydrogen-bond donors (Lipinski definition) is 0. The van der Waals surface area contributed by atoms with Crippen molar-refractivity contribution in [2.24, 2.45) is 0 Å². The first-order chi connectivity index (χ1) is 9.42. The molecule has 0 saturated carbocycles. The van der Waals surface area contributed by atoms with Gasteiger partial charge in [0, 0.05) is 24.0 Å². The Balaban J connectivity index is 1.94. The van der Waals surface area contributed by atoms with Crippen LogP contribution in [0.3, 0.4) is 0 Å². The third-order valence-corrected chi connectivity index (χ3v) is 4.60. The molecular weight excluding hydrogens is 258 g/mol. The summed E-state index contributed by atoms with van der Waals surface area (Å²) < 4.78 is 4.19. The number of rotatable bonds is 0. The van der Waals surface area contributed by atoms with Crippen LogP contribution in [0.15, 0.2) is 36.8 Å². The highest BCUT2D eigenvalue weighted by atomic mass is 32.1. The van der Waals surface area contributed by atoms with Gasteiger partial charge in [-0.1, -0.05) is 21.0 Å². The average molecular weight is 266 g/mol. The molecule has 0 unspecified atom stereocenters. The molecule has 5 heterocycles. The summed E-state index contributed by atoms with van der Waals surface area (Å²) in [7, 11) is 0. The summed E-state index contributed by atoms with van der Waals surface area (Å²) in [6.45, 7) is 0.873. The van der Waals surface area contributed by atoms with Crippen molar-refractivity contribution in [2.75, 3.05) is 0 Å². The van der Waals surface area contributed by atoms with Crippen LogP contribution in [0.1, 0.15) is 5.56 Å². The van der Waals surface area contributed by atoms with Gasteiger partial charge in [-0.15, -0.1) is 0 Å². The van der Waals surface area contributed by atoms with Crippen molar-refractivity contribution in [2.45, 2.75) is 6.54 Å². The summed E-state index contributed by atoms with van der Waals surface area (Å²) in [6, 6.07) is 5.98. The van der Waals surface area contributed by atoms with Gasteiger partial charge in [0.05, 0.1) is 11.8 Å². The molecule has 0 atom stereocenters. The summed E-state index contributed by atoms with van der Waals surface area (Å²) in [5, 5.41) is 5.63. The molecule has 5 nitrogen and oxygen atoms in total. The minimum Gasteiger partial charge on any atom is -0.264 e. The van der Waals surface area contributed by atoms with Crippen molar-refractivity contribution >= 4 is 27.5 Å². The molecule has 0 spiro atoms. The van der Waals surface area contributed by atoms with Gasteiger partial charge in [0.25, 0.3) is 0 Å². The summed E-state index contributed by atoms with van der Waals surface area (Å²) >= 11 is 1.71. The Hall–Kier alpha value is -2.34. The minimum absolute atomic E-state index is 0.873. The molecular formula is C13H8N5S+. The topological polar surface area (TPSA) is 47.0 Å². The van der Waals surface area contributed by atoms with E-state index in [0.29, 0.717) is 0 Å². The molecule has 0 bridgehead atoms. The molecule has 1 aliphatic heterocycles. The predicted molar refractivity (Wildman–Crippen MR) is 70.9 cm³/mol. The first kappa shape index (κ1) is 9.57. The summed E-state index contributed by atoms with van der Waals surface area (Å²) in [4.78, 5) is 9.88. The van der Waals surface area contributed by atoms with Crippen LogP contribution in [0, 0.1) is 0 Å². The Morgan fingerprint density at radius 3 is 3.26 bits per heavy atom. The fourth-order valence-electron chi connectivity index (χ4n) is 2.67. The largest absolute Gasteiger partial charge is 0.347 e. The molecule has 5 rings (SSSR count). The second-order valence-corrected chi connectivity index (χ2v) is 5.54. The van der Waals surface area contributed by atoms with Gasteiger partial charge in [0.1, 0.15) is 6.54 Å². The zero-order valence-electron chi connectivity index (χ0n) is 9.82. The van der Waals surface area contributed by atoms with Crippen molar-refractivity contribution in [3.63, 3.8) is 0 Å². The highest BCUT2D eigenvalue weighted by molar-refractivity contribution is 7.20. The van der Waals surface area contributed by atoms with E-state index in [2.05, 4.69) is 25.7 Å². The van der Waals surface area contributed by atoms with Crippen molar-refractivity contribution in [1.82, 2.24) is 19.6 Å². The first-order valence-electron chi connectivity index (χ1n) is 6.01. The normalized spacial score (nSPS) is 13.1. The van der Waals surface area contributed by atoms with Crippen molar-refractivity contribution in [3.8, 4) is 10.6 Å². The van der Waals surface area contributed by atoms with Gasteiger partial charge in [-0.05, 0) is 12.1 Å². The molecule has 1 aliphatic rings. The zero-order valence-corrected chi connectivity index (χ0v) is 10.6. The molecule has 0 aliphatic carbocycles. The predicted octanol–water partition coefficient (Wildman–Crippen LogP) is 1.66. The fourth-order valence-corrected chi connectivity index (χ4v) is 3.83. The molecule has 0 amide bonds. The molecule has 0 aromatic carbocycles. The third-order valence-electron chi connectivity index (χ3n) is 3.50. The smallest absolute Gasteiger partial charge is 0.264 e. The first-order valence-corrected chi connectivity index (χ1v) is 6.83. The van der Waals surface area contributed by atoms with E-state index in [0.717, 1.165) is 22.7 Å². The van der Waals surface area contributed by atoms with Crippen molar-refractivity contribution in [1.29, 1.82) is 0 Å². The van der Waals surface area contributed by atoms with Crippen LogP contribution in [0.25, 0.3) is 26.7 Å². The Bertz CT molecular complexity index is 952. The maximum Gasteiger partial charge on any atom is 0.347 e. The van der Waals surface area contributed by atoms with E-state index >= 15 is 0 Å². The molecule has 0 N–H and O–H groups in total. The number of aromatic nitrogens is 5. The standard InChI is InChI=1S/C13H8N5S/c1-2-10-16-11-12(18(10)15-4-1)17-7-8-3-5-14-6-9(8)13(17)19-11/h1-6H,7H2/q+1. The van der Waals surface area contributed by atoms with E-state index in [1.807, 2.05) is 29.0 Å². The third kappa shape index (κ3) is 1.09. The maximum absolute atomic E-state index is 4.63. The van der Waals surface area contributed by atoms with Gasteiger partial charge < -0.3 is 0 Å². The number of pyridine rings is 1. The lowest BCUT2D eigenvalue weighted by Crippen LogP contribution is -2.31. The van der Waals surface area contributed by atoms with Crippen molar-refractivity contribution < 1.29 is 4.57 Å². The Morgan fingerprint density at radius 2 is 2.26 bits per heavy atom. The quantitative estimate of drug-likeness (QED) is 0.400. The van der Waals surface area contributed by atoms with Crippen LogP contribution < -0.4 is 4.57 Å². The summed E-state index contributed by atoms with van der Waals surface area (Å²) in [5.74, 6) is 0. The van der Waals surface area contributed by atoms with E-state index in [1.165, 1.54) is 16.1 Å². The lowest BCUT2D eigenvalue weighted by Gasteiger charge is -1.90. The Morgan fingerprint density at radius 1 is 1.26 bits per heavy atom.